The van der Waals surface area contributed by atoms with Crippen LogP contribution in [-0.4, -0.2) is 17.9 Å². The summed E-state index contributed by atoms with van der Waals surface area (Å²) in [6, 6.07) is 17.2. The first kappa shape index (κ1) is 15.6. The molecule has 0 saturated carbocycles. The third kappa shape index (κ3) is 6.02. The summed E-state index contributed by atoms with van der Waals surface area (Å²) in [5, 5.41) is 4.64. The Hall–Kier alpha value is -1.78. The average molecular weight is 319 g/mol. The maximum absolute atomic E-state index is 11.6. The average Bonchev–Trinajstić information content (AvgIpc) is 2.50. The molecule has 1 N–H and O–H groups in total. The lowest BCUT2D eigenvalue weighted by atomic mass is 10.2. The Kier molecular flexibility index (Phi) is 6.31. The van der Waals surface area contributed by atoms with Crippen molar-refractivity contribution in [2.75, 3.05) is 5.75 Å². The van der Waals surface area contributed by atoms with Crippen molar-refractivity contribution in [2.45, 2.75) is 11.3 Å². The van der Waals surface area contributed by atoms with Gasteiger partial charge in [0.1, 0.15) is 0 Å². The van der Waals surface area contributed by atoms with Crippen molar-refractivity contribution in [3.05, 3.63) is 65.2 Å². The van der Waals surface area contributed by atoms with Crippen LogP contribution >= 0.6 is 23.4 Å². The molecule has 0 fully saturated rings. The lowest BCUT2D eigenvalue weighted by molar-refractivity contribution is -0.120. The van der Waals surface area contributed by atoms with Gasteiger partial charge in [0.05, 0.1) is 6.21 Å². The number of amides is 1. The molecule has 5 heteroatoms. The molecule has 0 heterocycles. The largest absolute Gasteiger partial charge is 0.273 e. The Morgan fingerprint density at radius 2 is 1.86 bits per heavy atom. The fraction of sp³-hybridized carbons (Fsp3) is 0.125. The van der Waals surface area contributed by atoms with Crippen LogP contribution in [0.4, 0.5) is 0 Å². The molecule has 108 valence electrons. The molecule has 0 aromatic heterocycles. The SMILES string of the molecule is O=C(CCSc1ccc(Cl)cc1)NN=Cc1ccccc1. The molecule has 0 spiro atoms. The van der Waals surface area contributed by atoms with Crippen LogP contribution in [-0.2, 0) is 4.79 Å². The van der Waals surface area contributed by atoms with Crippen molar-refractivity contribution in [1.29, 1.82) is 0 Å². The molecule has 21 heavy (non-hydrogen) atoms. The van der Waals surface area contributed by atoms with E-state index in [1.54, 1.807) is 18.0 Å². The third-order valence-electron chi connectivity index (χ3n) is 2.61. The zero-order chi connectivity index (χ0) is 14.9. The number of hydrazone groups is 1. The molecule has 0 radical (unpaired) electrons. The molecular weight excluding hydrogens is 304 g/mol. The predicted molar refractivity (Wildman–Crippen MR) is 89.0 cm³/mol. The molecule has 2 aromatic carbocycles. The third-order valence-corrected chi connectivity index (χ3v) is 3.88. The zero-order valence-corrected chi connectivity index (χ0v) is 12.9. The van der Waals surface area contributed by atoms with Crippen molar-refractivity contribution in [3.8, 4) is 0 Å². The van der Waals surface area contributed by atoms with E-state index in [0.29, 0.717) is 17.2 Å². The van der Waals surface area contributed by atoms with Crippen molar-refractivity contribution >= 4 is 35.5 Å². The Morgan fingerprint density at radius 1 is 1.14 bits per heavy atom. The van der Waals surface area contributed by atoms with Crippen LogP contribution in [0.5, 0.6) is 0 Å². The Bertz CT molecular complexity index is 599. The van der Waals surface area contributed by atoms with E-state index >= 15 is 0 Å². The summed E-state index contributed by atoms with van der Waals surface area (Å²) in [6.07, 6.45) is 2.05. The van der Waals surface area contributed by atoms with Gasteiger partial charge in [0, 0.05) is 22.1 Å². The van der Waals surface area contributed by atoms with Gasteiger partial charge >= 0.3 is 0 Å². The van der Waals surface area contributed by atoms with E-state index in [1.165, 1.54) is 0 Å². The second-order valence-corrected chi connectivity index (χ2v) is 5.86. The summed E-state index contributed by atoms with van der Waals surface area (Å²) < 4.78 is 0. The highest BCUT2D eigenvalue weighted by atomic mass is 35.5. The number of benzene rings is 2. The normalized spacial score (nSPS) is 10.7. The van der Waals surface area contributed by atoms with Gasteiger partial charge in [0.15, 0.2) is 0 Å². The van der Waals surface area contributed by atoms with Crippen LogP contribution in [0.25, 0.3) is 0 Å². The topological polar surface area (TPSA) is 41.5 Å². The highest BCUT2D eigenvalue weighted by molar-refractivity contribution is 7.99. The molecule has 2 aromatic rings. The molecular formula is C16H15ClN2OS. The summed E-state index contributed by atoms with van der Waals surface area (Å²) in [4.78, 5) is 12.7. The van der Waals surface area contributed by atoms with Crippen molar-refractivity contribution in [3.63, 3.8) is 0 Å². The van der Waals surface area contributed by atoms with Crippen LogP contribution < -0.4 is 5.43 Å². The summed E-state index contributed by atoms with van der Waals surface area (Å²) in [6.45, 7) is 0. The molecule has 0 aliphatic carbocycles. The standard InChI is InChI=1S/C16H15ClN2OS/c17-14-6-8-15(9-7-14)21-11-10-16(20)19-18-12-13-4-2-1-3-5-13/h1-9,12H,10-11H2,(H,19,20). The van der Waals surface area contributed by atoms with E-state index in [9.17, 15) is 4.79 Å². The monoisotopic (exact) mass is 318 g/mol. The van der Waals surface area contributed by atoms with Gasteiger partial charge in [-0.2, -0.15) is 5.10 Å². The van der Waals surface area contributed by atoms with Gasteiger partial charge < -0.3 is 0 Å². The Morgan fingerprint density at radius 3 is 2.57 bits per heavy atom. The lowest BCUT2D eigenvalue weighted by Crippen LogP contribution is -2.17. The number of carbonyl (C=O) groups is 1. The van der Waals surface area contributed by atoms with Crippen molar-refractivity contribution in [1.82, 2.24) is 5.43 Å². The molecule has 0 saturated heterocycles. The van der Waals surface area contributed by atoms with E-state index in [1.807, 2.05) is 54.6 Å². The van der Waals surface area contributed by atoms with Gasteiger partial charge in [-0.15, -0.1) is 11.8 Å². The van der Waals surface area contributed by atoms with Gasteiger partial charge in [0.2, 0.25) is 5.91 Å². The van der Waals surface area contributed by atoms with Gasteiger partial charge in [-0.1, -0.05) is 41.9 Å². The van der Waals surface area contributed by atoms with E-state index in [4.69, 9.17) is 11.6 Å². The summed E-state index contributed by atoms with van der Waals surface area (Å²) in [7, 11) is 0. The Balaban J connectivity index is 1.68. The van der Waals surface area contributed by atoms with Gasteiger partial charge in [0.25, 0.3) is 0 Å². The number of carbonyl (C=O) groups excluding carboxylic acids is 1. The fourth-order valence-electron chi connectivity index (χ4n) is 1.57. The van der Waals surface area contributed by atoms with Gasteiger partial charge in [-0.05, 0) is 29.8 Å². The molecule has 0 bridgehead atoms. The van der Waals surface area contributed by atoms with Crippen LogP contribution in [0.1, 0.15) is 12.0 Å². The van der Waals surface area contributed by atoms with Gasteiger partial charge in [-0.25, -0.2) is 5.43 Å². The van der Waals surface area contributed by atoms with Crippen LogP contribution in [0.2, 0.25) is 5.02 Å². The molecule has 0 aliphatic rings. The fourth-order valence-corrected chi connectivity index (χ4v) is 2.54. The minimum atomic E-state index is -0.0938. The van der Waals surface area contributed by atoms with Crippen LogP contribution in [0.15, 0.2) is 64.6 Å². The molecule has 2 rings (SSSR count). The van der Waals surface area contributed by atoms with E-state index in [-0.39, 0.29) is 5.91 Å². The summed E-state index contributed by atoms with van der Waals surface area (Å²) >= 11 is 7.43. The molecule has 0 atom stereocenters. The number of thioether (sulfide) groups is 1. The summed E-state index contributed by atoms with van der Waals surface area (Å²) in [5.74, 6) is 0.609. The molecule has 0 aliphatic heterocycles. The highest BCUT2D eigenvalue weighted by Crippen LogP contribution is 2.20. The van der Waals surface area contributed by atoms with Crippen LogP contribution in [0.3, 0.4) is 0 Å². The number of rotatable bonds is 6. The quantitative estimate of drug-likeness (QED) is 0.497. The first-order valence-electron chi connectivity index (χ1n) is 6.49. The highest BCUT2D eigenvalue weighted by Gasteiger charge is 2.00. The molecule has 3 nitrogen and oxygen atoms in total. The van der Waals surface area contributed by atoms with Gasteiger partial charge in [-0.3, -0.25) is 4.79 Å². The summed E-state index contributed by atoms with van der Waals surface area (Å²) in [5.41, 5.74) is 3.47. The first-order valence-corrected chi connectivity index (χ1v) is 7.86. The van der Waals surface area contributed by atoms with E-state index in [0.717, 1.165) is 10.5 Å². The Labute approximate surface area is 133 Å². The minimum absolute atomic E-state index is 0.0938. The number of hydrogen-bond donors (Lipinski definition) is 1. The second-order valence-electron chi connectivity index (χ2n) is 4.26. The predicted octanol–water partition coefficient (Wildman–Crippen LogP) is 3.97. The van der Waals surface area contributed by atoms with Crippen molar-refractivity contribution < 1.29 is 4.79 Å². The second kappa shape index (κ2) is 8.49. The smallest absolute Gasteiger partial charge is 0.240 e. The van der Waals surface area contributed by atoms with Crippen molar-refractivity contribution in [2.24, 2.45) is 5.10 Å². The van der Waals surface area contributed by atoms with E-state index in [2.05, 4.69) is 10.5 Å². The zero-order valence-electron chi connectivity index (χ0n) is 11.3. The maximum Gasteiger partial charge on any atom is 0.240 e. The first-order chi connectivity index (χ1) is 10.2. The molecule has 1 amide bonds. The minimum Gasteiger partial charge on any atom is -0.273 e. The number of halogens is 1. The maximum atomic E-state index is 11.6. The van der Waals surface area contributed by atoms with E-state index < -0.39 is 0 Å². The lowest BCUT2D eigenvalue weighted by Gasteiger charge is -2.01. The molecule has 0 unspecified atom stereocenters. The van der Waals surface area contributed by atoms with Crippen LogP contribution in [0, 0.1) is 0 Å². The number of hydrogen-bond acceptors (Lipinski definition) is 3. The number of nitrogens with zero attached hydrogens (tertiary/aromatic N) is 1. The number of nitrogens with one attached hydrogen (secondary N) is 1.